The number of rotatable bonds is 5. The van der Waals surface area contributed by atoms with E-state index in [4.69, 9.17) is 9.15 Å². The van der Waals surface area contributed by atoms with Gasteiger partial charge in [-0.15, -0.1) is 0 Å². The largest absolute Gasteiger partial charge is 0.497 e. The molecule has 4 rings (SSSR count). The minimum atomic E-state index is -0.867. The van der Waals surface area contributed by atoms with Crippen molar-refractivity contribution in [2.75, 3.05) is 12.0 Å². The van der Waals surface area contributed by atoms with E-state index >= 15 is 0 Å². The molecule has 32 heavy (non-hydrogen) atoms. The molecule has 1 aromatic heterocycles. The first-order chi connectivity index (χ1) is 15.4. The van der Waals surface area contributed by atoms with Gasteiger partial charge in [0.25, 0.3) is 17.5 Å². The number of barbiturate groups is 1. The van der Waals surface area contributed by atoms with Crippen LogP contribution in [0.3, 0.4) is 0 Å². The van der Waals surface area contributed by atoms with Gasteiger partial charge in [0.2, 0.25) is 0 Å². The molecule has 3 aromatic rings. The minimum absolute atomic E-state index is 0.0598. The number of furan rings is 1. The minimum Gasteiger partial charge on any atom is -0.497 e. The third-order valence-corrected chi connectivity index (χ3v) is 4.71. The van der Waals surface area contributed by atoms with E-state index in [1.165, 1.54) is 49.6 Å². The van der Waals surface area contributed by atoms with Crippen molar-refractivity contribution in [1.29, 1.82) is 0 Å². The van der Waals surface area contributed by atoms with Gasteiger partial charge in [0, 0.05) is 17.7 Å². The van der Waals surface area contributed by atoms with Gasteiger partial charge in [-0.1, -0.05) is 0 Å². The standard InChI is InChI=1S/C22H15N3O7/c1-31-16-8-6-14(7-9-16)24-21(27)18(20(26)23-22(24)28)12-17-10-11-19(32-17)13-2-4-15(5-3-13)25(29)30/h2-12H,1H3,(H,23,26,28)/b18-12+. The molecular weight excluding hydrogens is 418 g/mol. The summed E-state index contributed by atoms with van der Waals surface area (Å²) in [6.45, 7) is 0. The SMILES string of the molecule is COc1ccc(N2C(=O)NC(=O)/C(=C\c3ccc(-c4ccc([N+](=O)[O-])cc4)o3)C2=O)cc1. The van der Waals surface area contributed by atoms with Crippen LogP contribution in [0.4, 0.5) is 16.2 Å². The lowest BCUT2D eigenvalue weighted by Crippen LogP contribution is -2.54. The number of methoxy groups -OCH3 is 1. The van der Waals surface area contributed by atoms with Crippen LogP contribution in [0.25, 0.3) is 17.4 Å². The maximum atomic E-state index is 12.9. The highest BCUT2D eigenvalue weighted by Gasteiger charge is 2.37. The Labute approximate surface area is 180 Å². The van der Waals surface area contributed by atoms with E-state index in [0.717, 1.165) is 4.90 Å². The summed E-state index contributed by atoms with van der Waals surface area (Å²) >= 11 is 0. The summed E-state index contributed by atoms with van der Waals surface area (Å²) in [4.78, 5) is 48.6. The van der Waals surface area contributed by atoms with Gasteiger partial charge in [-0.2, -0.15) is 0 Å². The number of benzene rings is 2. The number of carbonyl (C=O) groups excluding carboxylic acids is 3. The van der Waals surface area contributed by atoms with Gasteiger partial charge in [-0.25, -0.2) is 9.69 Å². The highest BCUT2D eigenvalue weighted by molar-refractivity contribution is 6.39. The van der Waals surface area contributed by atoms with Crippen molar-refractivity contribution in [3.05, 3.63) is 82.1 Å². The zero-order valence-electron chi connectivity index (χ0n) is 16.6. The van der Waals surface area contributed by atoms with E-state index in [1.54, 1.807) is 24.3 Å². The average Bonchev–Trinajstić information content (AvgIpc) is 3.26. The Balaban J connectivity index is 1.62. The normalized spacial score (nSPS) is 15.1. The van der Waals surface area contributed by atoms with Crippen LogP contribution in [-0.2, 0) is 9.59 Å². The molecule has 2 heterocycles. The van der Waals surface area contributed by atoms with Gasteiger partial charge >= 0.3 is 6.03 Å². The Bertz CT molecular complexity index is 1260. The summed E-state index contributed by atoms with van der Waals surface area (Å²) in [5.41, 5.74) is 0.493. The van der Waals surface area contributed by atoms with Crippen LogP contribution in [-0.4, -0.2) is 29.9 Å². The van der Waals surface area contributed by atoms with Crippen LogP contribution in [0.5, 0.6) is 5.75 Å². The molecule has 0 saturated carbocycles. The molecule has 1 aliphatic rings. The molecule has 1 aliphatic heterocycles. The van der Waals surface area contributed by atoms with E-state index in [9.17, 15) is 24.5 Å². The molecule has 1 N–H and O–H groups in total. The second kappa shape index (κ2) is 8.19. The summed E-state index contributed by atoms with van der Waals surface area (Å²) in [7, 11) is 1.49. The number of nitrogens with one attached hydrogen (secondary N) is 1. The number of amides is 4. The van der Waals surface area contributed by atoms with E-state index in [0.29, 0.717) is 17.1 Å². The zero-order chi connectivity index (χ0) is 22.8. The average molecular weight is 433 g/mol. The van der Waals surface area contributed by atoms with Gasteiger partial charge in [-0.05, 0) is 54.6 Å². The number of anilines is 1. The molecule has 10 nitrogen and oxygen atoms in total. The Kier molecular flexibility index (Phi) is 5.25. The Morgan fingerprint density at radius 2 is 1.69 bits per heavy atom. The first-order valence-corrected chi connectivity index (χ1v) is 9.27. The fraction of sp³-hybridized carbons (Fsp3) is 0.0455. The topological polar surface area (TPSA) is 132 Å². The molecule has 4 amide bonds. The lowest BCUT2D eigenvalue weighted by molar-refractivity contribution is -0.384. The lowest BCUT2D eigenvalue weighted by atomic mass is 10.1. The smallest absolute Gasteiger partial charge is 0.335 e. The van der Waals surface area contributed by atoms with E-state index in [-0.39, 0.29) is 22.7 Å². The number of carbonyl (C=O) groups is 3. The monoisotopic (exact) mass is 433 g/mol. The van der Waals surface area contributed by atoms with Crippen molar-refractivity contribution in [3.63, 3.8) is 0 Å². The van der Waals surface area contributed by atoms with Crippen molar-refractivity contribution in [3.8, 4) is 17.1 Å². The van der Waals surface area contributed by atoms with Gasteiger partial charge in [0.1, 0.15) is 22.8 Å². The number of imide groups is 2. The van der Waals surface area contributed by atoms with Crippen molar-refractivity contribution >= 4 is 35.3 Å². The Hall–Kier alpha value is -4.73. The second-order valence-electron chi connectivity index (χ2n) is 6.66. The highest BCUT2D eigenvalue weighted by Crippen LogP contribution is 2.27. The van der Waals surface area contributed by atoms with Crippen molar-refractivity contribution in [2.45, 2.75) is 0 Å². The fourth-order valence-corrected chi connectivity index (χ4v) is 3.10. The molecule has 0 bridgehead atoms. The zero-order valence-corrected chi connectivity index (χ0v) is 16.6. The quantitative estimate of drug-likeness (QED) is 0.282. The Morgan fingerprint density at radius 3 is 2.31 bits per heavy atom. The molecule has 1 saturated heterocycles. The van der Waals surface area contributed by atoms with E-state index in [1.807, 2.05) is 0 Å². The number of hydrogen-bond donors (Lipinski definition) is 1. The molecule has 1 fully saturated rings. The molecule has 10 heteroatoms. The van der Waals surface area contributed by atoms with Crippen molar-refractivity contribution in [2.24, 2.45) is 0 Å². The molecule has 0 radical (unpaired) electrons. The molecule has 0 unspecified atom stereocenters. The van der Waals surface area contributed by atoms with Gasteiger partial charge in [0.05, 0.1) is 17.7 Å². The predicted octanol–water partition coefficient (Wildman–Crippen LogP) is 3.53. The maximum Gasteiger partial charge on any atom is 0.335 e. The van der Waals surface area contributed by atoms with Gasteiger partial charge in [0.15, 0.2) is 0 Å². The van der Waals surface area contributed by atoms with Crippen LogP contribution >= 0.6 is 0 Å². The summed E-state index contributed by atoms with van der Waals surface area (Å²) in [6, 6.07) is 14.2. The molecule has 0 spiro atoms. The predicted molar refractivity (Wildman–Crippen MR) is 113 cm³/mol. The third-order valence-electron chi connectivity index (χ3n) is 4.71. The molecule has 0 atom stereocenters. The molecule has 2 aromatic carbocycles. The third kappa shape index (κ3) is 3.84. The lowest BCUT2D eigenvalue weighted by Gasteiger charge is -2.26. The molecular formula is C22H15N3O7. The first-order valence-electron chi connectivity index (χ1n) is 9.27. The van der Waals surface area contributed by atoms with Crippen LogP contribution in [0.1, 0.15) is 5.76 Å². The van der Waals surface area contributed by atoms with Crippen LogP contribution < -0.4 is 15.0 Å². The summed E-state index contributed by atoms with van der Waals surface area (Å²) in [5, 5.41) is 12.9. The summed E-state index contributed by atoms with van der Waals surface area (Å²) in [6.07, 6.45) is 1.23. The van der Waals surface area contributed by atoms with Crippen LogP contribution in [0.2, 0.25) is 0 Å². The number of urea groups is 1. The number of nitro benzene ring substituents is 1. The van der Waals surface area contributed by atoms with E-state index < -0.39 is 22.8 Å². The fourth-order valence-electron chi connectivity index (χ4n) is 3.10. The number of nitrogens with zero attached hydrogens (tertiary/aromatic N) is 2. The summed E-state index contributed by atoms with van der Waals surface area (Å²) in [5.74, 6) is -0.533. The Morgan fingerprint density at radius 1 is 1.00 bits per heavy atom. The number of nitro groups is 1. The number of hydrogen-bond acceptors (Lipinski definition) is 7. The highest BCUT2D eigenvalue weighted by atomic mass is 16.6. The molecule has 0 aliphatic carbocycles. The van der Waals surface area contributed by atoms with Crippen molar-refractivity contribution in [1.82, 2.24) is 5.32 Å². The first kappa shape index (κ1) is 20.5. The molecule has 160 valence electrons. The second-order valence-corrected chi connectivity index (χ2v) is 6.66. The van der Waals surface area contributed by atoms with Crippen molar-refractivity contribution < 1.29 is 28.5 Å². The van der Waals surface area contributed by atoms with Gasteiger partial charge in [-0.3, -0.25) is 25.0 Å². The van der Waals surface area contributed by atoms with Gasteiger partial charge < -0.3 is 9.15 Å². The van der Waals surface area contributed by atoms with E-state index in [2.05, 4.69) is 5.32 Å². The number of ether oxygens (including phenoxy) is 1. The summed E-state index contributed by atoms with van der Waals surface area (Å²) < 4.78 is 10.7. The van der Waals surface area contributed by atoms with Crippen LogP contribution in [0, 0.1) is 10.1 Å². The number of non-ortho nitro benzene ring substituents is 1. The maximum absolute atomic E-state index is 12.9. The van der Waals surface area contributed by atoms with Crippen LogP contribution in [0.15, 0.2) is 70.7 Å².